The number of ether oxygens (including phenoxy) is 2. The molecule has 0 atom stereocenters. The van der Waals surface area contributed by atoms with Crippen molar-refractivity contribution in [2.75, 3.05) is 0 Å². The Bertz CT molecular complexity index is 535. The minimum absolute atomic E-state index is 0.102. The summed E-state index contributed by atoms with van der Waals surface area (Å²) in [5.74, 6) is -1.19. The Hall–Kier alpha value is -2.32. The normalized spacial score (nSPS) is 11.7. The van der Waals surface area contributed by atoms with Gasteiger partial charge in [0.05, 0.1) is 5.71 Å². The monoisotopic (exact) mass is 308 g/mol. The van der Waals surface area contributed by atoms with Crippen LogP contribution in [0.3, 0.4) is 0 Å². The Balaban J connectivity index is 3.11. The van der Waals surface area contributed by atoms with E-state index in [0.29, 0.717) is 0 Å². The maximum Gasteiger partial charge on any atom is 0.387 e. The van der Waals surface area contributed by atoms with Crippen LogP contribution >= 0.6 is 0 Å². The van der Waals surface area contributed by atoms with Crippen molar-refractivity contribution in [3.63, 3.8) is 0 Å². The van der Waals surface area contributed by atoms with Gasteiger partial charge in [-0.2, -0.15) is 22.7 Å². The summed E-state index contributed by atoms with van der Waals surface area (Å²) < 4.78 is 57.3. The average molecular weight is 308 g/mol. The predicted molar refractivity (Wildman–Crippen MR) is 65.7 cm³/mol. The van der Waals surface area contributed by atoms with Crippen LogP contribution in [0.5, 0.6) is 11.5 Å². The summed E-state index contributed by atoms with van der Waals surface area (Å²) >= 11 is 0. The van der Waals surface area contributed by atoms with E-state index in [1.165, 1.54) is 19.9 Å². The average Bonchev–Trinajstić information content (AvgIpc) is 2.34. The molecular weight excluding hydrogens is 296 g/mol. The van der Waals surface area contributed by atoms with Crippen molar-refractivity contribution in [1.82, 2.24) is 5.43 Å². The fourth-order valence-corrected chi connectivity index (χ4v) is 1.39. The van der Waals surface area contributed by atoms with Crippen molar-refractivity contribution in [1.29, 1.82) is 0 Å². The van der Waals surface area contributed by atoms with E-state index in [0.717, 1.165) is 12.1 Å². The van der Waals surface area contributed by atoms with Gasteiger partial charge >= 0.3 is 13.2 Å². The second kappa shape index (κ2) is 7.46. The van der Waals surface area contributed by atoms with Gasteiger partial charge in [-0.05, 0) is 19.1 Å². The molecule has 0 aliphatic carbocycles. The van der Waals surface area contributed by atoms with Crippen molar-refractivity contribution in [2.45, 2.75) is 27.1 Å². The van der Waals surface area contributed by atoms with E-state index in [2.05, 4.69) is 20.0 Å². The maximum absolute atomic E-state index is 12.4. The number of hydrazone groups is 1. The first-order valence-corrected chi connectivity index (χ1v) is 5.64. The lowest BCUT2D eigenvalue weighted by Gasteiger charge is -2.13. The molecule has 1 aromatic rings. The van der Waals surface area contributed by atoms with Gasteiger partial charge in [0.1, 0.15) is 11.5 Å². The summed E-state index contributed by atoms with van der Waals surface area (Å²) in [4.78, 5) is 10.7. The molecule has 116 valence electrons. The number of halogens is 4. The van der Waals surface area contributed by atoms with E-state index in [1.54, 1.807) is 0 Å². The van der Waals surface area contributed by atoms with Crippen molar-refractivity contribution in [3.05, 3.63) is 23.8 Å². The van der Waals surface area contributed by atoms with Crippen LogP contribution in [0.4, 0.5) is 17.6 Å². The van der Waals surface area contributed by atoms with E-state index in [9.17, 15) is 22.4 Å². The number of carbonyl (C=O) groups is 1. The molecule has 1 amide bonds. The molecule has 0 saturated heterocycles. The molecular formula is C12H12F4N2O3. The fraction of sp³-hybridized carbons (Fsp3) is 0.333. The molecule has 0 saturated carbocycles. The van der Waals surface area contributed by atoms with Crippen LogP contribution in [0.1, 0.15) is 19.4 Å². The largest absolute Gasteiger partial charge is 0.435 e. The zero-order valence-corrected chi connectivity index (χ0v) is 11.1. The number of rotatable bonds is 6. The molecule has 9 heteroatoms. The Morgan fingerprint density at radius 2 is 1.76 bits per heavy atom. The number of hydrogen-bond donors (Lipinski definition) is 1. The van der Waals surface area contributed by atoms with E-state index < -0.39 is 24.9 Å². The van der Waals surface area contributed by atoms with Crippen LogP contribution in [0.2, 0.25) is 0 Å². The number of nitrogens with one attached hydrogen (secondary N) is 1. The van der Waals surface area contributed by atoms with Crippen LogP contribution in [0.15, 0.2) is 23.3 Å². The SMILES string of the molecule is CC(=O)NN=C(C)c1ccc(OC(F)F)cc1OC(F)F. The molecule has 1 rings (SSSR count). The van der Waals surface area contributed by atoms with Crippen LogP contribution in [0, 0.1) is 0 Å². The third-order valence-corrected chi connectivity index (χ3v) is 2.17. The zero-order valence-electron chi connectivity index (χ0n) is 11.1. The first kappa shape index (κ1) is 16.7. The second-order valence-corrected chi connectivity index (χ2v) is 3.78. The topological polar surface area (TPSA) is 59.9 Å². The molecule has 0 aromatic heterocycles. The Labute approximate surface area is 117 Å². The Morgan fingerprint density at radius 3 is 2.29 bits per heavy atom. The predicted octanol–water partition coefficient (Wildman–Crippen LogP) is 2.75. The first-order valence-electron chi connectivity index (χ1n) is 5.64. The van der Waals surface area contributed by atoms with Crippen LogP contribution in [-0.2, 0) is 4.79 Å². The van der Waals surface area contributed by atoms with Gasteiger partial charge in [-0.25, -0.2) is 5.43 Å². The number of alkyl halides is 4. The fourth-order valence-electron chi connectivity index (χ4n) is 1.39. The van der Waals surface area contributed by atoms with E-state index in [-0.39, 0.29) is 17.0 Å². The highest BCUT2D eigenvalue weighted by atomic mass is 19.3. The number of carbonyl (C=O) groups excluding carboxylic acids is 1. The summed E-state index contributed by atoms with van der Waals surface area (Å²) in [5, 5.41) is 3.66. The van der Waals surface area contributed by atoms with Gasteiger partial charge in [-0.15, -0.1) is 0 Å². The first-order chi connectivity index (χ1) is 9.79. The molecule has 0 fully saturated rings. The Kier molecular flexibility index (Phi) is 5.94. The quantitative estimate of drug-likeness (QED) is 0.499. The van der Waals surface area contributed by atoms with E-state index >= 15 is 0 Å². The van der Waals surface area contributed by atoms with Crippen LogP contribution in [0.25, 0.3) is 0 Å². The van der Waals surface area contributed by atoms with Crippen molar-refractivity contribution >= 4 is 11.6 Å². The standard InChI is InChI=1S/C12H12F4N2O3/c1-6(17-18-7(2)19)9-4-3-8(20-11(13)14)5-10(9)21-12(15)16/h3-5,11-12H,1-2H3,(H,18,19). The van der Waals surface area contributed by atoms with Gasteiger partial charge in [0.2, 0.25) is 5.91 Å². The highest BCUT2D eigenvalue weighted by Gasteiger charge is 2.15. The van der Waals surface area contributed by atoms with Gasteiger partial charge in [0.25, 0.3) is 0 Å². The smallest absolute Gasteiger partial charge is 0.387 e. The minimum Gasteiger partial charge on any atom is -0.435 e. The molecule has 0 unspecified atom stereocenters. The zero-order chi connectivity index (χ0) is 16.0. The van der Waals surface area contributed by atoms with Crippen LogP contribution in [-0.4, -0.2) is 24.8 Å². The van der Waals surface area contributed by atoms with Gasteiger partial charge in [0, 0.05) is 18.6 Å². The number of nitrogens with zero attached hydrogens (tertiary/aromatic N) is 1. The van der Waals surface area contributed by atoms with Crippen molar-refractivity contribution in [2.24, 2.45) is 5.10 Å². The second-order valence-electron chi connectivity index (χ2n) is 3.78. The molecule has 21 heavy (non-hydrogen) atoms. The summed E-state index contributed by atoms with van der Waals surface area (Å²) in [6.07, 6.45) is 0. The van der Waals surface area contributed by atoms with Crippen molar-refractivity contribution < 1.29 is 31.8 Å². The summed E-state index contributed by atoms with van der Waals surface area (Å²) in [6, 6.07) is 3.25. The van der Waals surface area contributed by atoms with E-state index in [1.807, 2.05) is 0 Å². The van der Waals surface area contributed by atoms with Gasteiger partial charge in [0.15, 0.2) is 0 Å². The Morgan fingerprint density at radius 1 is 1.14 bits per heavy atom. The molecule has 1 aromatic carbocycles. The maximum atomic E-state index is 12.4. The molecule has 0 aliphatic rings. The highest BCUT2D eigenvalue weighted by Crippen LogP contribution is 2.28. The molecule has 1 N–H and O–H groups in total. The molecule has 0 bridgehead atoms. The van der Waals surface area contributed by atoms with Gasteiger partial charge < -0.3 is 9.47 Å². The van der Waals surface area contributed by atoms with Gasteiger partial charge in [-0.3, -0.25) is 4.79 Å². The molecule has 5 nitrogen and oxygen atoms in total. The summed E-state index contributed by atoms with van der Waals surface area (Å²) in [6.45, 7) is -3.60. The number of amides is 1. The summed E-state index contributed by atoms with van der Waals surface area (Å²) in [5.41, 5.74) is 2.39. The molecule has 0 heterocycles. The lowest BCUT2D eigenvalue weighted by molar-refractivity contribution is -0.118. The van der Waals surface area contributed by atoms with Crippen LogP contribution < -0.4 is 14.9 Å². The third-order valence-electron chi connectivity index (χ3n) is 2.17. The van der Waals surface area contributed by atoms with E-state index in [4.69, 9.17) is 0 Å². The molecule has 0 aliphatic heterocycles. The molecule has 0 spiro atoms. The third kappa shape index (κ3) is 5.67. The summed E-state index contributed by atoms with van der Waals surface area (Å²) in [7, 11) is 0. The number of hydrogen-bond acceptors (Lipinski definition) is 4. The lowest BCUT2D eigenvalue weighted by Crippen LogP contribution is -2.16. The highest BCUT2D eigenvalue weighted by molar-refractivity contribution is 6.01. The number of benzene rings is 1. The van der Waals surface area contributed by atoms with Gasteiger partial charge in [-0.1, -0.05) is 0 Å². The molecule has 0 radical (unpaired) electrons. The minimum atomic E-state index is -3.15. The lowest BCUT2D eigenvalue weighted by atomic mass is 10.1. The van der Waals surface area contributed by atoms with Crippen molar-refractivity contribution in [3.8, 4) is 11.5 Å².